The second kappa shape index (κ2) is 9.61. The Morgan fingerprint density at radius 1 is 0.848 bits per heavy atom. The van der Waals surface area contributed by atoms with E-state index < -0.39 is 5.91 Å². The number of imide groups is 1. The van der Waals surface area contributed by atoms with Crippen LogP contribution in [0.15, 0.2) is 84.6 Å². The number of hydrogen-bond acceptors (Lipinski definition) is 5. The number of nitrogens with one attached hydrogen (secondary N) is 1. The Bertz CT molecular complexity index is 1180. The molecule has 1 N–H and O–H groups in total. The highest BCUT2D eigenvalue weighted by Crippen LogP contribution is 2.38. The Balaban J connectivity index is 1.76. The zero-order valence-electron chi connectivity index (χ0n) is 19.0. The van der Waals surface area contributed by atoms with E-state index in [0.717, 1.165) is 17.8 Å². The maximum absolute atomic E-state index is 13.6. The molecule has 0 atom stereocenters. The highest BCUT2D eigenvalue weighted by Gasteiger charge is 2.41. The summed E-state index contributed by atoms with van der Waals surface area (Å²) in [6, 6.07) is 24.1. The first-order valence-corrected chi connectivity index (χ1v) is 11.0. The summed E-state index contributed by atoms with van der Waals surface area (Å²) in [4.78, 5) is 30.5. The molecule has 3 aromatic carbocycles. The molecule has 0 spiro atoms. The summed E-state index contributed by atoms with van der Waals surface area (Å²) < 4.78 is 5.84. The lowest BCUT2D eigenvalue weighted by atomic mass is 10.0. The van der Waals surface area contributed by atoms with E-state index in [4.69, 9.17) is 4.74 Å². The summed E-state index contributed by atoms with van der Waals surface area (Å²) in [6.45, 7) is 2.50. The van der Waals surface area contributed by atoms with Gasteiger partial charge in [-0.15, -0.1) is 0 Å². The van der Waals surface area contributed by atoms with Gasteiger partial charge in [0.15, 0.2) is 0 Å². The van der Waals surface area contributed by atoms with Crippen molar-refractivity contribution in [2.24, 2.45) is 0 Å². The standard InChI is InChI=1S/C27H27N3O3/c1-4-18-33-23-13-9-8-12-22(23)30-26(31)24(19-10-6-5-7-11-19)25(27(30)32)28-20-14-16-21(17-15-20)29(2)3/h5-17,28H,4,18H2,1-3H3. The molecule has 0 aliphatic carbocycles. The molecule has 1 heterocycles. The van der Waals surface area contributed by atoms with Crippen LogP contribution in [0, 0.1) is 0 Å². The maximum atomic E-state index is 13.6. The first-order valence-electron chi connectivity index (χ1n) is 11.0. The molecule has 1 aliphatic rings. The van der Waals surface area contributed by atoms with Crippen molar-refractivity contribution in [2.75, 3.05) is 35.8 Å². The Morgan fingerprint density at radius 2 is 1.52 bits per heavy atom. The molecule has 4 rings (SSSR count). The van der Waals surface area contributed by atoms with E-state index in [-0.39, 0.29) is 11.6 Å². The lowest BCUT2D eigenvalue weighted by molar-refractivity contribution is -0.120. The quantitative estimate of drug-likeness (QED) is 0.502. The van der Waals surface area contributed by atoms with Crippen LogP contribution in [0.3, 0.4) is 0 Å². The summed E-state index contributed by atoms with van der Waals surface area (Å²) in [7, 11) is 3.93. The number of anilines is 3. The lowest BCUT2D eigenvalue weighted by Gasteiger charge is -2.19. The SMILES string of the molecule is CCCOc1ccccc1N1C(=O)C(Nc2ccc(N(C)C)cc2)=C(c2ccccc2)C1=O. The summed E-state index contributed by atoms with van der Waals surface area (Å²) in [5.74, 6) is -0.292. The fourth-order valence-corrected chi connectivity index (χ4v) is 3.70. The van der Waals surface area contributed by atoms with Gasteiger partial charge in [-0.25, -0.2) is 4.90 Å². The fourth-order valence-electron chi connectivity index (χ4n) is 3.70. The normalized spacial score (nSPS) is 13.5. The van der Waals surface area contributed by atoms with Crippen LogP contribution in [0.5, 0.6) is 5.75 Å². The topological polar surface area (TPSA) is 61.9 Å². The van der Waals surface area contributed by atoms with Gasteiger partial charge in [0, 0.05) is 25.5 Å². The summed E-state index contributed by atoms with van der Waals surface area (Å²) in [6.07, 6.45) is 0.819. The fraction of sp³-hybridized carbons (Fsp3) is 0.185. The maximum Gasteiger partial charge on any atom is 0.282 e. The Labute approximate surface area is 194 Å². The van der Waals surface area contributed by atoms with Crippen LogP contribution < -0.4 is 19.9 Å². The molecular formula is C27H27N3O3. The minimum absolute atomic E-state index is 0.245. The molecular weight excluding hydrogens is 414 g/mol. The number of nitrogens with zero attached hydrogens (tertiary/aromatic N) is 2. The van der Waals surface area contributed by atoms with Crippen LogP contribution >= 0.6 is 0 Å². The minimum Gasteiger partial charge on any atom is -0.491 e. The number of carbonyl (C=O) groups is 2. The minimum atomic E-state index is -0.414. The molecule has 1 aliphatic heterocycles. The number of ether oxygens (including phenoxy) is 1. The third-order valence-electron chi connectivity index (χ3n) is 5.37. The van der Waals surface area contributed by atoms with Gasteiger partial charge in [-0.3, -0.25) is 9.59 Å². The molecule has 2 amide bonds. The van der Waals surface area contributed by atoms with Crippen LogP contribution in [-0.4, -0.2) is 32.5 Å². The van der Waals surface area contributed by atoms with Crippen molar-refractivity contribution in [1.29, 1.82) is 0 Å². The molecule has 33 heavy (non-hydrogen) atoms. The Morgan fingerprint density at radius 3 is 2.18 bits per heavy atom. The highest BCUT2D eigenvalue weighted by molar-refractivity contribution is 6.46. The summed E-state index contributed by atoms with van der Waals surface area (Å²) in [5.41, 5.74) is 3.46. The van der Waals surface area contributed by atoms with Crippen LogP contribution in [-0.2, 0) is 9.59 Å². The smallest absolute Gasteiger partial charge is 0.282 e. The Hall–Kier alpha value is -4.06. The van der Waals surface area contributed by atoms with Gasteiger partial charge in [-0.05, 0) is 48.4 Å². The van der Waals surface area contributed by atoms with E-state index in [1.54, 1.807) is 18.2 Å². The van der Waals surface area contributed by atoms with Crippen molar-refractivity contribution in [1.82, 2.24) is 0 Å². The second-order valence-corrected chi connectivity index (χ2v) is 7.94. The van der Waals surface area contributed by atoms with Crippen molar-refractivity contribution < 1.29 is 14.3 Å². The number of carbonyl (C=O) groups excluding carboxylic acids is 2. The number of benzene rings is 3. The molecule has 0 bridgehead atoms. The third-order valence-corrected chi connectivity index (χ3v) is 5.37. The molecule has 0 saturated carbocycles. The van der Waals surface area contributed by atoms with Crippen LogP contribution in [0.1, 0.15) is 18.9 Å². The van der Waals surface area contributed by atoms with E-state index >= 15 is 0 Å². The predicted octanol–water partition coefficient (Wildman–Crippen LogP) is 4.94. The largest absolute Gasteiger partial charge is 0.491 e. The Kier molecular flexibility index (Phi) is 6.45. The van der Waals surface area contributed by atoms with E-state index in [9.17, 15) is 9.59 Å². The van der Waals surface area contributed by atoms with Gasteiger partial charge in [0.25, 0.3) is 11.8 Å². The van der Waals surface area contributed by atoms with Gasteiger partial charge in [-0.2, -0.15) is 0 Å². The highest BCUT2D eigenvalue weighted by atomic mass is 16.5. The third kappa shape index (κ3) is 4.46. The molecule has 6 heteroatoms. The van der Waals surface area contributed by atoms with Crippen LogP contribution in [0.2, 0.25) is 0 Å². The average molecular weight is 442 g/mol. The van der Waals surface area contributed by atoms with E-state index in [2.05, 4.69) is 5.32 Å². The number of hydrogen-bond donors (Lipinski definition) is 1. The molecule has 0 unspecified atom stereocenters. The monoisotopic (exact) mass is 441 g/mol. The first kappa shape index (κ1) is 22.1. The molecule has 0 aromatic heterocycles. The van der Waals surface area contributed by atoms with Crippen molar-refractivity contribution in [2.45, 2.75) is 13.3 Å². The van der Waals surface area contributed by atoms with Crippen LogP contribution in [0.25, 0.3) is 5.57 Å². The number of rotatable bonds is 8. The first-order chi connectivity index (χ1) is 16.0. The summed E-state index contributed by atoms with van der Waals surface area (Å²) >= 11 is 0. The van der Waals surface area contributed by atoms with Gasteiger partial charge in [0.1, 0.15) is 11.4 Å². The van der Waals surface area contributed by atoms with Crippen LogP contribution in [0.4, 0.5) is 17.1 Å². The summed E-state index contributed by atoms with van der Waals surface area (Å²) in [5, 5.41) is 3.21. The number of amides is 2. The van der Waals surface area contributed by atoms with Gasteiger partial charge >= 0.3 is 0 Å². The van der Waals surface area contributed by atoms with E-state index in [1.807, 2.05) is 86.6 Å². The molecule has 6 nitrogen and oxygen atoms in total. The van der Waals surface area contributed by atoms with E-state index in [0.29, 0.717) is 29.2 Å². The van der Waals surface area contributed by atoms with Gasteiger partial charge in [-0.1, -0.05) is 49.4 Å². The predicted molar refractivity (Wildman–Crippen MR) is 132 cm³/mol. The molecule has 0 fully saturated rings. The van der Waals surface area contributed by atoms with Gasteiger partial charge in [0.05, 0.1) is 17.9 Å². The molecule has 0 saturated heterocycles. The van der Waals surface area contributed by atoms with Crippen molar-refractivity contribution in [3.63, 3.8) is 0 Å². The molecule has 0 radical (unpaired) electrons. The zero-order valence-corrected chi connectivity index (χ0v) is 19.0. The van der Waals surface area contributed by atoms with Crippen molar-refractivity contribution in [3.8, 4) is 5.75 Å². The zero-order chi connectivity index (χ0) is 23.4. The van der Waals surface area contributed by atoms with Gasteiger partial charge < -0.3 is 15.0 Å². The second-order valence-electron chi connectivity index (χ2n) is 7.94. The average Bonchev–Trinajstić information content (AvgIpc) is 3.07. The lowest BCUT2D eigenvalue weighted by Crippen LogP contribution is -2.32. The van der Waals surface area contributed by atoms with Gasteiger partial charge in [0.2, 0.25) is 0 Å². The van der Waals surface area contributed by atoms with E-state index in [1.165, 1.54) is 4.90 Å². The number of para-hydroxylation sites is 2. The van der Waals surface area contributed by atoms with Crippen molar-refractivity contribution >= 4 is 34.4 Å². The van der Waals surface area contributed by atoms with Crippen molar-refractivity contribution in [3.05, 3.63) is 90.1 Å². The molecule has 3 aromatic rings. The molecule has 168 valence electrons.